The Bertz CT molecular complexity index is 114. The van der Waals surface area contributed by atoms with Gasteiger partial charge in [0.1, 0.15) is 6.29 Å². The number of carbonyl (C=O) groups excluding carboxylic acids is 1. The first-order valence-corrected chi connectivity index (χ1v) is 4.05. The summed E-state index contributed by atoms with van der Waals surface area (Å²) in [5.74, 6) is 0.774. The molecule has 2 heteroatoms. The highest BCUT2D eigenvalue weighted by molar-refractivity contribution is 5.57. The summed E-state index contributed by atoms with van der Waals surface area (Å²) in [5.41, 5.74) is 0. The third kappa shape index (κ3) is 1.81. The molecule has 1 rings (SSSR count). The van der Waals surface area contributed by atoms with Crippen LogP contribution in [0.4, 0.5) is 0 Å². The minimum absolute atomic E-state index is 0.138. The Kier molecular flexibility index (Phi) is 2.87. The van der Waals surface area contributed by atoms with Crippen molar-refractivity contribution in [1.82, 2.24) is 5.32 Å². The maximum absolute atomic E-state index is 10.4. The molecule has 0 aromatic heterocycles. The van der Waals surface area contributed by atoms with Gasteiger partial charge in [0, 0.05) is 0 Å². The Morgan fingerprint density at radius 3 is 3.10 bits per heavy atom. The topological polar surface area (TPSA) is 29.1 Å². The number of hydrogen-bond donors (Lipinski definition) is 1. The highest BCUT2D eigenvalue weighted by Crippen LogP contribution is 2.17. The number of piperidine rings is 1. The van der Waals surface area contributed by atoms with E-state index in [4.69, 9.17) is 0 Å². The molecular formula is C8H15NO. The Hall–Kier alpha value is -0.370. The molecule has 58 valence electrons. The molecule has 1 fully saturated rings. The van der Waals surface area contributed by atoms with Gasteiger partial charge in [-0.2, -0.15) is 0 Å². The second kappa shape index (κ2) is 3.71. The zero-order chi connectivity index (χ0) is 7.40. The minimum atomic E-state index is 0.138. The molecule has 1 saturated heterocycles. The van der Waals surface area contributed by atoms with Gasteiger partial charge in [-0.15, -0.1) is 0 Å². The molecule has 0 spiro atoms. The normalized spacial score (nSPS) is 33.7. The van der Waals surface area contributed by atoms with E-state index in [1.165, 1.54) is 12.8 Å². The van der Waals surface area contributed by atoms with Crippen molar-refractivity contribution in [3.05, 3.63) is 0 Å². The van der Waals surface area contributed by atoms with Crippen molar-refractivity contribution in [2.75, 3.05) is 6.54 Å². The van der Waals surface area contributed by atoms with Crippen LogP contribution in [-0.4, -0.2) is 18.9 Å². The number of aldehydes is 1. The average Bonchev–Trinajstić information content (AvgIpc) is 2.05. The molecule has 2 atom stereocenters. The molecule has 1 heterocycles. The summed E-state index contributed by atoms with van der Waals surface area (Å²) in [4.78, 5) is 10.4. The first-order valence-electron chi connectivity index (χ1n) is 4.05. The molecule has 1 N–H and O–H groups in total. The second-order valence-corrected chi connectivity index (χ2v) is 3.00. The Labute approximate surface area is 62.0 Å². The van der Waals surface area contributed by atoms with Crippen LogP contribution < -0.4 is 5.32 Å². The first kappa shape index (κ1) is 7.73. The molecule has 1 aliphatic heterocycles. The lowest BCUT2D eigenvalue weighted by molar-refractivity contribution is -0.110. The van der Waals surface area contributed by atoms with E-state index in [1.807, 2.05) is 0 Å². The van der Waals surface area contributed by atoms with Gasteiger partial charge in [0.15, 0.2) is 0 Å². The van der Waals surface area contributed by atoms with Gasteiger partial charge in [0.05, 0.1) is 6.04 Å². The molecule has 0 aromatic rings. The molecule has 1 aliphatic rings. The lowest BCUT2D eigenvalue weighted by Crippen LogP contribution is -2.38. The predicted octanol–water partition coefficient (Wildman–Crippen LogP) is 0.964. The molecule has 2 nitrogen and oxygen atoms in total. The zero-order valence-corrected chi connectivity index (χ0v) is 6.47. The molecule has 0 aliphatic carbocycles. The van der Waals surface area contributed by atoms with Crippen LogP contribution in [0.15, 0.2) is 0 Å². The van der Waals surface area contributed by atoms with Crippen LogP contribution in [0.3, 0.4) is 0 Å². The van der Waals surface area contributed by atoms with Crippen molar-refractivity contribution >= 4 is 6.29 Å². The molecule has 0 aromatic carbocycles. The number of carbonyl (C=O) groups is 1. The van der Waals surface area contributed by atoms with E-state index in [0.717, 1.165) is 25.2 Å². The standard InChI is InChI=1S/C8H15NO/c1-2-7-3-4-9-8(5-7)6-10/h6-9H,2-5H2,1H3. The van der Waals surface area contributed by atoms with Gasteiger partial charge >= 0.3 is 0 Å². The fourth-order valence-corrected chi connectivity index (χ4v) is 1.51. The van der Waals surface area contributed by atoms with Crippen molar-refractivity contribution in [3.8, 4) is 0 Å². The van der Waals surface area contributed by atoms with E-state index < -0.39 is 0 Å². The average molecular weight is 141 g/mol. The van der Waals surface area contributed by atoms with Crippen LogP contribution in [0.25, 0.3) is 0 Å². The van der Waals surface area contributed by atoms with Crippen LogP contribution >= 0.6 is 0 Å². The van der Waals surface area contributed by atoms with Crippen LogP contribution in [0.1, 0.15) is 26.2 Å². The van der Waals surface area contributed by atoms with E-state index in [2.05, 4.69) is 12.2 Å². The predicted molar refractivity (Wildman–Crippen MR) is 40.9 cm³/mol. The zero-order valence-electron chi connectivity index (χ0n) is 6.47. The van der Waals surface area contributed by atoms with Gasteiger partial charge in [0.25, 0.3) is 0 Å². The number of hydrogen-bond acceptors (Lipinski definition) is 2. The van der Waals surface area contributed by atoms with Crippen molar-refractivity contribution < 1.29 is 4.79 Å². The summed E-state index contributed by atoms with van der Waals surface area (Å²) < 4.78 is 0. The van der Waals surface area contributed by atoms with Crippen molar-refractivity contribution in [1.29, 1.82) is 0 Å². The molecule has 10 heavy (non-hydrogen) atoms. The van der Waals surface area contributed by atoms with Crippen LogP contribution in [0.2, 0.25) is 0 Å². The van der Waals surface area contributed by atoms with Gasteiger partial charge in [-0.05, 0) is 25.3 Å². The van der Waals surface area contributed by atoms with Crippen LogP contribution in [-0.2, 0) is 4.79 Å². The summed E-state index contributed by atoms with van der Waals surface area (Å²) in [6, 6.07) is 0.138. The largest absolute Gasteiger partial charge is 0.308 e. The van der Waals surface area contributed by atoms with E-state index in [0.29, 0.717) is 0 Å². The fourth-order valence-electron chi connectivity index (χ4n) is 1.51. The number of nitrogens with one attached hydrogen (secondary N) is 1. The molecule has 2 unspecified atom stereocenters. The monoisotopic (exact) mass is 141 g/mol. The lowest BCUT2D eigenvalue weighted by atomic mass is 9.91. The van der Waals surface area contributed by atoms with E-state index >= 15 is 0 Å². The Morgan fingerprint density at radius 1 is 1.70 bits per heavy atom. The number of rotatable bonds is 2. The van der Waals surface area contributed by atoms with E-state index in [9.17, 15) is 4.79 Å². The lowest BCUT2D eigenvalue weighted by Gasteiger charge is -2.25. The smallest absolute Gasteiger partial charge is 0.136 e. The van der Waals surface area contributed by atoms with Crippen molar-refractivity contribution in [2.45, 2.75) is 32.2 Å². The van der Waals surface area contributed by atoms with Gasteiger partial charge in [-0.1, -0.05) is 13.3 Å². The fraction of sp³-hybridized carbons (Fsp3) is 0.875. The highest BCUT2D eigenvalue weighted by Gasteiger charge is 2.18. The maximum atomic E-state index is 10.4. The quantitative estimate of drug-likeness (QED) is 0.580. The third-order valence-corrected chi connectivity index (χ3v) is 2.29. The molecule has 0 bridgehead atoms. The Balaban J connectivity index is 2.31. The Morgan fingerprint density at radius 2 is 2.50 bits per heavy atom. The minimum Gasteiger partial charge on any atom is -0.308 e. The van der Waals surface area contributed by atoms with Gasteiger partial charge in [-0.3, -0.25) is 0 Å². The van der Waals surface area contributed by atoms with Crippen LogP contribution in [0.5, 0.6) is 0 Å². The van der Waals surface area contributed by atoms with Gasteiger partial charge < -0.3 is 10.1 Å². The van der Waals surface area contributed by atoms with Crippen molar-refractivity contribution in [2.24, 2.45) is 5.92 Å². The van der Waals surface area contributed by atoms with E-state index in [1.54, 1.807) is 0 Å². The van der Waals surface area contributed by atoms with E-state index in [-0.39, 0.29) is 6.04 Å². The summed E-state index contributed by atoms with van der Waals surface area (Å²) in [7, 11) is 0. The van der Waals surface area contributed by atoms with Gasteiger partial charge in [-0.25, -0.2) is 0 Å². The third-order valence-electron chi connectivity index (χ3n) is 2.29. The maximum Gasteiger partial charge on any atom is 0.136 e. The summed E-state index contributed by atoms with van der Waals surface area (Å²) in [5, 5.41) is 3.16. The second-order valence-electron chi connectivity index (χ2n) is 3.00. The summed E-state index contributed by atoms with van der Waals surface area (Å²) >= 11 is 0. The summed E-state index contributed by atoms with van der Waals surface area (Å²) in [6.45, 7) is 3.21. The molecular weight excluding hydrogens is 126 g/mol. The molecule has 0 amide bonds. The molecule has 0 saturated carbocycles. The molecule has 0 radical (unpaired) electrons. The summed E-state index contributed by atoms with van der Waals surface area (Å²) in [6.07, 6.45) is 4.52. The highest BCUT2D eigenvalue weighted by atomic mass is 16.1. The SMILES string of the molecule is CCC1CCNC(C=O)C1. The van der Waals surface area contributed by atoms with Crippen LogP contribution in [0, 0.1) is 5.92 Å². The first-order chi connectivity index (χ1) is 4.86. The van der Waals surface area contributed by atoms with Crippen molar-refractivity contribution in [3.63, 3.8) is 0 Å². The van der Waals surface area contributed by atoms with Gasteiger partial charge in [0.2, 0.25) is 0 Å².